The number of carboxylic acid groups (broad SMARTS) is 1. The van der Waals surface area contributed by atoms with Gasteiger partial charge in [-0.15, -0.1) is 0 Å². The number of aromatic amines is 1. The van der Waals surface area contributed by atoms with Crippen LogP contribution in [0.2, 0.25) is 0 Å². The maximum Gasteiger partial charge on any atom is 0.329 e. The summed E-state index contributed by atoms with van der Waals surface area (Å²) >= 11 is 0. The average Bonchev–Trinajstić information content (AvgIpc) is 2.96. The SMILES string of the molecule is CCC(C)[C@H](NC(=O)[C@@H](Cc1ccccc1)n1c(=O)[nH]c2ccccc2c1=O)C(=O)N[C@@H](CCCNC(N)=O)C(=O)O. The van der Waals surface area contributed by atoms with E-state index in [9.17, 15) is 33.9 Å². The van der Waals surface area contributed by atoms with Crippen LogP contribution in [-0.4, -0.2) is 57.1 Å². The molecule has 3 aromatic rings. The van der Waals surface area contributed by atoms with Crippen molar-refractivity contribution < 1.29 is 24.3 Å². The number of nitrogens with one attached hydrogen (secondary N) is 4. The summed E-state index contributed by atoms with van der Waals surface area (Å²) in [5.74, 6) is -3.19. The Balaban J connectivity index is 1.93. The fourth-order valence-corrected chi connectivity index (χ4v) is 4.59. The fourth-order valence-electron chi connectivity index (χ4n) is 4.59. The van der Waals surface area contributed by atoms with Crippen molar-refractivity contribution in [3.63, 3.8) is 0 Å². The van der Waals surface area contributed by atoms with Gasteiger partial charge in [0, 0.05) is 13.0 Å². The number of benzene rings is 2. The van der Waals surface area contributed by atoms with Gasteiger partial charge in [-0.3, -0.25) is 14.4 Å². The number of amides is 4. The van der Waals surface area contributed by atoms with E-state index < -0.39 is 59.1 Å². The molecule has 7 N–H and O–H groups in total. The molecule has 224 valence electrons. The van der Waals surface area contributed by atoms with Crippen LogP contribution in [0.1, 0.15) is 44.7 Å². The van der Waals surface area contributed by atoms with Crippen LogP contribution in [0.15, 0.2) is 64.2 Å². The van der Waals surface area contributed by atoms with Gasteiger partial charge in [-0.2, -0.15) is 0 Å². The van der Waals surface area contributed by atoms with Gasteiger partial charge in [-0.05, 0) is 36.5 Å². The van der Waals surface area contributed by atoms with Crippen molar-refractivity contribution in [2.24, 2.45) is 11.7 Å². The highest BCUT2D eigenvalue weighted by molar-refractivity contribution is 5.92. The molecule has 1 unspecified atom stereocenters. The van der Waals surface area contributed by atoms with E-state index in [1.54, 1.807) is 68.4 Å². The number of H-pyrrole nitrogens is 1. The molecular formula is C29H36N6O7. The first-order valence-corrected chi connectivity index (χ1v) is 13.7. The van der Waals surface area contributed by atoms with E-state index >= 15 is 0 Å². The number of nitrogens with two attached hydrogens (primary N) is 1. The van der Waals surface area contributed by atoms with Crippen molar-refractivity contribution in [2.45, 2.75) is 57.7 Å². The third-order valence-electron chi connectivity index (χ3n) is 7.10. The summed E-state index contributed by atoms with van der Waals surface area (Å²) < 4.78 is 0.849. The number of para-hydroxylation sites is 1. The Kier molecular flexibility index (Phi) is 11.0. The summed E-state index contributed by atoms with van der Waals surface area (Å²) in [5.41, 5.74) is 4.58. The van der Waals surface area contributed by atoms with E-state index in [0.29, 0.717) is 17.5 Å². The summed E-state index contributed by atoms with van der Waals surface area (Å²) in [6.07, 6.45) is 0.667. The summed E-state index contributed by atoms with van der Waals surface area (Å²) in [6.45, 7) is 3.65. The molecule has 4 atom stereocenters. The van der Waals surface area contributed by atoms with Crippen molar-refractivity contribution in [1.82, 2.24) is 25.5 Å². The van der Waals surface area contributed by atoms with E-state index in [0.717, 1.165) is 4.57 Å². The Morgan fingerprint density at radius 2 is 1.64 bits per heavy atom. The van der Waals surface area contributed by atoms with E-state index in [-0.39, 0.29) is 31.2 Å². The molecule has 3 rings (SSSR count). The molecule has 13 nitrogen and oxygen atoms in total. The van der Waals surface area contributed by atoms with Crippen LogP contribution in [0.25, 0.3) is 10.9 Å². The predicted molar refractivity (Wildman–Crippen MR) is 156 cm³/mol. The van der Waals surface area contributed by atoms with Gasteiger partial charge in [0.2, 0.25) is 11.8 Å². The Morgan fingerprint density at radius 1 is 0.976 bits per heavy atom. The molecule has 0 saturated carbocycles. The molecule has 13 heteroatoms. The molecule has 1 heterocycles. The van der Waals surface area contributed by atoms with Gasteiger partial charge in [-0.1, -0.05) is 62.7 Å². The Labute approximate surface area is 241 Å². The van der Waals surface area contributed by atoms with Crippen LogP contribution in [0.5, 0.6) is 0 Å². The first-order valence-electron chi connectivity index (χ1n) is 13.7. The van der Waals surface area contributed by atoms with Crippen LogP contribution in [0.3, 0.4) is 0 Å². The number of primary amides is 1. The lowest BCUT2D eigenvalue weighted by molar-refractivity contribution is -0.142. The number of carbonyl (C=O) groups excluding carboxylic acids is 3. The molecule has 0 aliphatic heterocycles. The lowest BCUT2D eigenvalue weighted by Crippen LogP contribution is -2.56. The Hall–Kier alpha value is -4.94. The number of aromatic nitrogens is 2. The minimum atomic E-state index is -1.32. The topological polar surface area (TPSA) is 205 Å². The molecule has 0 radical (unpaired) electrons. The van der Waals surface area contributed by atoms with Crippen molar-refractivity contribution in [3.05, 3.63) is 81.0 Å². The zero-order valence-corrected chi connectivity index (χ0v) is 23.5. The summed E-state index contributed by atoms with van der Waals surface area (Å²) in [6, 6.07) is 10.7. The van der Waals surface area contributed by atoms with Gasteiger partial charge in [0.1, 0.15) is 18.1 Å². The third kappa shape index (κ3) is 8.05. The zero-order chi connectivity index (χ0) is 30.8. The minimum Gasteiger partial charge on any atom is -0.480 e. The van der Waals surface area contributed by atoms with Crippen LogP contribution < -0.4 is 32.9 Å². The van der Waals surface area contributed by atoms with Crippen LogP contribution in [0, 0.1) is 5.92 Å². The smallest absolute Gasteiger partial charge is 0.329 e. The van der Waals surface area contributed by atoms with Gasteiger partial charge >= 0.3 is 17.7 Å². The highest BCUT2D eigenvalue weighted by Gasteiger charge is 2.33. The van der Waals surface area contributed by atoms with Crippen LogP contribution in [0.4, 0.5) is 4.79 Å². The second-order valence-corrected chi connectivity index (χ2v) is 10.1. The number of rotatable bonds is 14. The largest absolute Gasteiger partial charge is 0.480 e. The second-order valence-electron chi connectivity index (χ2n) is 10.1. The lowest BCUT2D eigenvalue weighted by atomic mass is 9.96. The summed E-state index contributed by atoms with van der Waals surface area (Å²) in [5, 5.41) is 17.4. The van der Waals surface area contributed by atoms with E-state index in [2.05, 4.69) is 20.9 Å². The molecule has 0 fully saturated rings. The number of fused-ring (bicyclic) bond motifs is 1. The molecule has 0 saturated heterocycles. The van der Waals surface area contributed by atoms with Gasteiger partial charge in [0.15, 0.2) is 0 Å². The van der Waals surface area contributed by atoms with Gasteiger partial charge in [0.05, 0.1) is 10.9 Å². The summed E-state index contributed by atoms with van der Waals surface area (Å²) in [4.78, 5) is 79.2. The second kappa shape index (κ2) is 14.6. The summed E-state index contributed by atoms with van der Waals surface area (Å²) in [7, 11) is 0. The van der Waals surface area contributed by atoms with E-state index in [1.807, 2.05) is 0 Å². The van der Waals surface area contributed by atoms with Crippen LogP contribution in [-0.2, 0) is 20.8 Å². The molecule has 0 bridgehead atoms. The number of carboxylic acids is 1. The molecule has 4 amide bonds. The molecule has 2 aromatic carbocycles. The number of aliphatic carboxylic acids is 1. The fraction of sp³-hybridized carbons (Fsp3) is 0.379. The number of hydrogen-bond donors (Lipinski definition) is 6. The van der Waals surface area contributed by atoms with Crippen molar-refractivity contribution in [1.29, 1.82) is 0 Å². The van der Waals surface area contributed by atoms with Crippen molar-refractivity contribution >= 4 is 34.7 Å². The van der Waals surface area contributed by atoms with Gasteiger partial charge < -0.3 is 31.8 Å². The number of hydrogen-bond acceptors (Lipinski definition) is 6. The minimum absolute atomic E-state index is 0.00101. The Bertz CT molecular complexity index is 1530. The molecule has 42 heavy (non-hydrogen) atoms. The third-order valence-corrected chi connectivity index (χ3v) is 7.10. The Morgan fingerprint density at radius 3 is 2.29 bits per heavy atom. The van der Waals surface area contributed by atoms with Gasteiger partial charge in [-0.25, -0.2) is 19.0 Å². The first kappa shape index (κ1) is 31.6. The molecule has 0 aliphatic rings. The monoisotopic (exact) mass is 580 g/mol. The van der Waals surface area contributed by atoms with Gasteiger partial charge in [0.25, 0.3) is 5.56 Å². The molecule has 0 spiro atoms. The normalized spacial score (nSPS) is 13.9. The maximum atomic E-state index is 13.8. The molecule has 0 aliphatic carbocycles. The zero-order valence-electron chi connectivity index (χ0n) is 23.5. The number of carbonyl (C=O) groups is 4. The average molecular weight is 581 g/mol. The standard InChI is InChI=1S/C29H36N6O7/c1-3-17(2)23(25(37)32-21(27(39)40)14-9-15-31-28(30)41)34-24(36)22(16-18-10-5-4-6-11-18)35-26(38)19-12-7-8-13-20(19)33-29(35)42/h4-8,10-13,17,21-23H,3,9,14-16H2,1-2H3,(H,32,37)(H,33,42)(H,34,36)(H,39,40)(H3,30,31,41)/t17?,21-,22+,23-/m0/s1. The highest BCUT2D eigenvalue weighted by atomic mass is 16.4. The van der Waals surface area contributed by atoms with Crippen molar-refractivity contribution in [2.75, 3.05) is 6.54 Å². The lowest BCUT2D eigenvalue weighted by Gasteiger charge is -2.28. The molecular weight excluding hydrogens is 544 g/mol. The number of nitrogens with zero attached hydrogens (tertiary/aromatic N) is 1. The van der Waals surface area contributed by atoms with E-state index in [4.69, 9.17) is 5.73 Å². The quantitative estimate of drug-likeness (QED) is 0.153. The molecule has 1 aromatic heterocycles. The van der Waals surface area contributed by atoms with E-state index in [1.165, 1.54) is 0 Å². The van der Waals surface area contributed by atoms with Crippen molar-refractivity contribution in [3.8, 4) is 0 Å². The van der Waals surface area contributed by atoms with Crippen LogP contribution >= 0.6 is 0 Å². The highest BCUT2D eigenvalue weighted by Crippen LogP contribution is 2.16. The number of urea groups is 1. The predicted octanol–water partition coefficient (Wildman–Crippen LogP) is 1.02. The first-order chi connectivity index (χ1) is 20.0. The maximum absolute atomic E-state index is 13.8.